The number of nitrogens with one attached hydrogen (secondary N) is 3. The van der Waals surface area contributed by atoms with Crippen molar-refractivity contribution in [1.29, 1.82) is 0 Å². The first-order valence-electron chi connectivity index (χ1n) is 19.2. The predicted molar refractivity (Wildman–Crippen MR) is 199 cm³/mol. The van der Waals surface area contributed by atoms with E-state index in [1.54, 1.807) is 29.2 Å². The molecule has 2 aromatic rings. The van der Waals surface area contributed by atoms with Crippen LogP contribution in [0.3, 0.4) is 0 Å². The molecule has 0 spiro atoms. The summed E-state index contributed by atoms with van der Waals surface area (Å²) in [7, 11) is -3.95. The van der Waals surface area contributed by atoms with Crippen LogP contribution in [0.25, 0.3) is 10.9 Å². The summed E-state index contributed by atoms with van der Waals surface area (Å²) in [6.07, 6.45) is 8.59. The number of nitrogens with zero attached hydrogens (tertiary/aromatic N) is 2. The molecule has 4 amide bonds. The van der Waals surface area contributed by atoms with Crippen molar-refractivity contribution in [3.8, 4) is 0 Å². The molecule has 4 aliphatic rings. The van der Waals surface area contributed by atoms with Gasteiger partial charge in [0.1, 0.15) is 24.0 Å². The Labute approximate surface area is 311 Å². The van der Waals surface area contributed by atoms with Gasteiger partial charge in [0.15, 0.2) is 0 Å². The van der Waals surface area contributed by atoms with Crippen molar-refractivity contribution in [2.24, 2.45) is 34.8 Å². The van der Waals surface area contributed by atoms with Crippen LogP contribution in [0.5, 0.6) is 0 Å². The van der Waals surface area contributed by atoms with E-state index < -0.39 is 45.9 Å². The second-order valence-corrected chi connectivity index (χ2v) is 18.3. The Balaban J connectivity index is 1.17. The van der Waals surface area contributed by atoms with Crippen molar-refractivity contribution >= 4 is 50.6 Å². The van der Waals surface area contributed by atoms with E-state index in [-0.39, 0.29) is 35.3 Å². The van der Waals surface area contributed by atoms with Gasteiger partial charge < -0.3 is 25.7 Å². The normalized spacial score (nSPS) is 25.9. The highest BCUT2D eigenvalue weighted by Crippen LogP contribution is 2.48. The molecule has 13 nitrogen and oxygen atoms in total. The van der Waals surface area contributed by atoms with Crippen LogP contribution in [0, 0.1) is 29.1 Å². The van der Waals surface area contributed by atoms with Gasteiger partial charge in [-0.25, -0.2) is 13.9 Å². The maximum absolute atomic E-state index is 14.7. The molecular weight excluding hydrogens is 704 g/mol. The van der Waals surface area contributed by atoms with Crippen molar-refractivity contribution in [3.63, 3.8) is 0 Å². The maximum atomic E-state index is 14.7. The van der Waals surface area contributed by atoms with Crippen LogP contribution in [0.1, 0.15) is 108 Å². The molecule has 1 aromatic carbocycles. The molecule has 6 rings (SSSR count). The number of hydrogen-bond acceptors (Lipinski definition) is 7. The van der Waals surface area contributed by atoms with Crippen molar-refractivity contribution < 1.29 is 36.7 Å². The first kappa shape index (κ1) is 39.0. The lowest BCUT2D eigenvalue weighted by Crippen LogP contribution is -2.56. The Morgan fingerprint density at radius 3 is 2.23 bits per heavy atom. The van der Waals surface area contributed by atoms with Crippen LogP contribution < -0.4 is 15.8 Å². The number of rotatable bonds is 10. The Bertz CT molecular complexity index is 1790. The van der Waals surface area contributed by atoms with E-state index in [0.29, 0.717) is 67.8 Å². The van der Waals surface area contributed by atoms with Gasteiger partial charge in [0.25, 0.3) is 5.91 Å². The molecule has 15 heteroatoms. The zero-order valence-electron chi connectivity index (χ0n) is 31.1. The third kappa shape index (κ3) is 8.06. The number of likely N-dealkylation sites (tertiary alicyclic amines) is 1. The zero-order chi connectivity index (χ0) is 38.1. The van der Waals surface area contributed by atoms with Crippen molar-refractivity contribution in [2.75, 3.05) is 31.6 Å². The molecule has 2 saturated heterocycles. The number of aromatic amines is 1. The number of ether oxygens (including phenoxy) is 1. The average molecular weight is 759 g/mol. The van der Waals surface area contributed by atoms with Gasteiger partial charge in [-0.1, -0.05) is 52.9 Å². The topological polar surface area (TPSA) is 184 Å². The highest BCUT2D eigenvalue weighted by Gasteiger charge is 2.54. The number of carbonyl (C=O) groups excluding carboxylic acids is 4. The van der Waals surface area contributed by atoms with Gasteiger partial charge in [-0.15, -0.1) is 0 Å². The smallest absolute Gasteiger partial charge is 0.405 e. The number of amides is 4. The SMILES string of the molecule is CC(C)(C)[C@@](CF)(OC(N)=O)C1CCC(C(=O)N2CC[C@@H](C3CCCCC3)[C@H]2C(=O)Nc2ccc3[nH]c(C(=O)NS(=O)(=O)N4CCCC4)cc3c2)CC1. The van der Waals surface area contributed by atoms with Gasteiger partial charge in [0, 0.05) is 53.5 Å². The van der Waals surface area contributed by atoms with E-state index in [0.717, 1.165) is 44.9 Å². The summed E-state index contributed by atoms with van der Waals surface area (Å²) in [4.78, 5) is 58.1. The average Bonchev–Trinajstić information content (AvgIpc) is 3.91. The molecule has 1 aromatic heterocycles. The minimum atomic E-state index is -3.95. The lowest BCUT2D eigenvalue weighted by Gasteiger charge is -2.49. The highest BCUT2D eigenvalue weighted by atomic mass is 32.2. The highest BCUT2D eigenvalue weighted by molar-refractivity contribution is 7.87. The standard InChI is InChI=1S/C38H55FN6O7S/c1-37(2,3)38(23-39,52-36(40)49)27-13-11-25(12-14-27)35(48)45-20-17-29(24-9-5-4-6-10-24)32(45)34(47)41-28-15-16-30-26(21-28)22-31(42-30)33(46)43-53(50,51)44-18-7-8-19-44/h15-16,21-22,24-25,27,29,32,42H,4-14,17-20,23H2,1-3H3,(H2,40,49)(H,41,47)(H,43,46)/t25?,27?,29-,32-,38-/m0/s1. The zero-order valence-corrected chi connectivity index (χ0v) is 31.9. The van der Waals surface area contributed by atoms with Crippen LogP contribution in [-0.2, 0) is 24.5 Å². The van der Waals surface area contributed by atoms with Crippen molar-refractivity contribution in [3.05, 3.63) is 30.0 Å². The number of fused-ring (bicyclic) bond motifs is 1. The van der Waals surface area contributed by atoms with E-state index >= 15 is 0 Å². The third-order valence-electron chi connectivity index (χ3n) is 12.5. The largest absolute Gasteiger partial charge is 0.439 e. The van der Waals surface area contributed by atoms with E-state index in [4.69, 9.17) is 10.5 Å². The molecule has 2 saturated carbocycles. The molecule has 0 bridgehead atoms. The number of nitrogens with two attached hydrogens (primary N) is 1. The minimum Gasteiger partial charge on any atom is -0.439 e. The molecule has 5 N–H and O–H groups in total. The lowest BCUT2D eigenvalue weighted by molar-refractivity contribution is -0.148. The number of anilines is 1. The fraction of sp³-hybridized carbons (Fsp3) is 0.684. The molecular formula is C38H55FN6O7S. The third-order valence-corrected chi connectivity index (χ3v) is 14.0. The fourth-order valence-corrected chi connectivity index (χ4v) is 10.8. The molecule has 2 aliphatic heterocycles. The quantitative estimate of drug-likeness (QED) is 0.242. The molecule has 292 valence electrons. The summed E-state index contributed by atoms with van der Waals surface area (Å²) >= 11 is 0. The second-order valence-electron chi connectivity index (χ2n) is 16.6. The maximum Gasteiger partial charge on any atom is 0.405 e. The summed E-state index contributed by atoms with van der Waals surface area (Å²) in [6.45, 7) is 5.85. The van der Waals surface area contributed by atoms with Gasteiger partial charge in [-0.3, -0.25) is 14.4 Å². The first-order chi connectivity index (χ1) is 25.1. The summed E-state index contributed by atoms with van der Waals surface area (Å²) in [5, 5.41) is 3.68. The Hall–Kier alpha value is -3.72. The number of primary amides is 1. The second kappa shape index (κ2) is 15.6. The van der Waals surface area contributed by atoms with Crippen LogP contribution in [0.15, 0.2) is 24.3 Å². The summed E-state index contributed by atoms with van der Waals surface area (Å²) < 4.78 is 49.0. The number of benzene rings is 1. The number of alkyl halides is 1. The lowest BCUT2D eigenvalue weighted by atomic mass is 9.63. The Morgan fingerprint density at radius 2 is 1.60 bits per heavy atom. The van der Waals surface area contributed by atoms with Gasteiger partial charge in [-0.05, 0) is 81.0 Å². The Kier molecular flexibility index (Phi) is 11.4. The Morgan fingerprint density at radius 1 is 0.925 bits per heavy atom. The van der Waals surface area contributed by atoms with E-state index in [1.165, 1.54) is 10.7 Å². The summed E-state index contributed by atoms with van der Waals surface area (Å²) in [6, 6.07) is 6.08. The molecule has 53 heavy (non-hydrogen) atoms. The minimum absolute atomic E-state index is 0.0171. The molecule has 0 unspecified atom stereocenters. The number of hydrogen-bond donors (Lipinski definition) is 4. The van der Waals surface area contributed by atoms with Gasteiger partial charge >= 0.3 is 16.3 Å². The molecule has 3 heterocycles. The van der Waals surface area contributed by atoms with E-state index in [1.807, 2.05) is 20.8 Å². The van der Waals surface area contributed by atoms with Gasteiger partial charge in [0.05, 0.1) is 0 Å². The van der Waals surface area contributed by atoms with Crippen LogP contribution in [-0.4, -0.2) is 84.4 Å². The molecule has 4 fully saturated rings. The fourth-order valence-electron chi connectivity index (χ4n) is 9.58. The number of aromatic nitrogens is 1. The summed E-state index contributed by atoms with van der Waals surface area (Å²) in [5.74, 6) is -1.39. The monoisotopic (exact) mass is 758 g/mol. The number of halogens is 1. The van der Waals surface area contributed by atoms with Crippen molar-refractivity contribution in [1.82, 2.24) is 18.9 Å². The van der Waals surface area contributed by atoms with E-state index in [9.17, 15) is 32.0 Å². The first-order valence-corrected chi connectivity index (χ1v) is 20.7. The van der Waals surface area contributed by atoms with E-state index in [2.05, 4.69) is 15.0 Å². The van der Waals surface area contributed by atoms with Crippen LogP contribution >= 0.6 is 0 Å². The molecule has 2 aliphatic carbocycles. The number of H-pyrrole nitrogens is 1. The van der Waals surface area contributed by atoms with Gasteiger partial charge in [-0.2, -0.15) is 12.7 Å². The van der Waals surface area contributed by atoms with Gasteiger partial charge in [0.2, 0.25) is 11.8 Å². The van der Waals surface area contributed by atoms with Crippen LogP contribution in [0.4, 0.5) is 14.9 Å². The van der Waals surface area contributed by atoms with Crippen LogP contribution in [0.2, 0.25) is 0 Å². The van der Waals surface area contributed by atoms with Crippen molar-refractivity contribution in [2.45, 2.75) is 109 Å². The predicted octanol–water partition coefficient (Wildman–Crippen LogP) is 5.63. The summed E-state index contributed by atoms with van der Waals surface area (Å²) in [5.41, 5.74) is 4.48. The molecule has 0 radical (unpaired) electrons. The number of carbonyl (C=O) groups is 4. The molecule has 3 atom stereocenters.